The monoisotopic (exact) mass is 468 g/mol. The molecule has 0 saturated carbocycles. The molecule has 2 aromatic heterocycles. The van der Waals surface area contributed by atoms with Gasteiger partial charge in [-0.25, -0.2) is 4.98 Å². The largest absolute Gasteiger partial charge is 0.399 e. The number of amides is 1. The van der Waals surface area contributed by atoms with Crippen molar-refractivity contribution < 1.29 is 4.79 Å². The van der Waals surface area contributed by atoms with Crippen molar-refractivity contribution in [2.45, 2.75) is 31.8 Å². The van der Waals surface area contributed by atoms with Crippen LogP contribution < -0.4 is 21.7 Å². The van der Waals surface area contributed by atoms with Gasteiger partial charge >= 0.3 is 0 Å². The summed E-state index contributed by atoms with van der Waals surface area (Å²) in [4.78, 5) is 21.9. The van der Waals surface area contributed by atoms with E-state index in [4.69, 9.17) is 11.5 Å². The Kier molecular flexibility index (Phi) is 7.26. The molecule has 5 N–H and O–H groups in total. The molecular weight excluding hydrogens is 436 g/mol. The number of rotatable bonds is 8. The zero-order valence-electron chi connectivity index (χ0n) is 19.2. The molecule has 3 heterocycles. The van der Waals surface area contributed by atoms with Crippen LogP contribution in [0.3, 0.4) is 0 Å². The van der Waals surface area contributed by atoms with Gasteiger partial charge < -0.3 is 26.6 Å². The minimum absolute atomic E-state index is 0.129. The van der Waals surface area contributed by atoms with E-state index >= 15 is 0 Å². The van der Waals surface area contributed by atoms with E-state index in [1.807, 2.05) is 23.0 Å². The number of nitrogen functional groups attached to an aromatic ring is 1. The highest BCUT2D eigenvalue weighted by atomic mass is 32.1. The summed E-state index contributed by atoms with van der Waals surface area (Å²) in [5.41, 5.74) is 15.7. The molecule has 0 spiro atoms. The Morgan fingerprint density at radius 2 is 2.21 bits per heavy atom. The third-order valence-corrected chi connectivity index (χ3v) is 6.57. The topological polar surface area (TPSA) is 118 Å². The third-order valence-electron chi connectivity index (χ3n) is 5.68. The molecule has 1 aliphatic rings. The lowest BCUT2D eigenvalue weighted by Gasteiger charge is -2.34. The van der Waals surface area contributed by atoms with Gasteiger partial charge in [0.1, 0.15) is 10.7 Å². The number of piperidine rings is 1. The van der Waals surface area contributed by atoms with Crippen molar-refractivity contribution in [3.63, 3.8) is 0 Å². The summed E-state index contributed by atoms with van der Waals surface area (Å²) >= 11 is 1.43. The Morgan fingerprint density at radius 3 is 3.00 bits per heavy atom. The van der Waals surface area contributed by atoms with Crippen molar-refractivity contribution in [1.82, 2.24) is 19.7 Å². The molecule has 33 heavy (non-hydrogen) atoms. The van der Waals surface area contributed by atoms with Crippen LogP contribution in [0.1, 0.15) is 29.8 Å². The molecule has 0 bridgehead atoms. The van der Waals surface area contributed by atoms with E-state index in [0.717, 1.165) is 61.7 Å². The van der Waals surface area contributed by atoms with Gasteiger partial charge in [0.25, 0.3) is 5.91 Å². The normalized spacial score (nSPS) is 16.4. The van der Waals surface area contributed by atoms with Crippen LogP contribution in [0.2, 0.25) is 0 Å². The van der Waals surface area contributed by atoms with E-state index in [-0.39, 0.29) is 11.9 Å². The first kappa shape index (κ1) is 23.2. The first-order valence-electron chi connectivity index (χ1n) is 11.2. The van der Waals surface area contributed by atoms with Gasteiger partial charge in [-0.3, -0.25) is 9.48 Å². The number of thiazole rings is 1. The van der Waals surface area contributed by atoms with Crippen molar-refractivity contribution in [2.75, 3.05) is 49.7 Å². The standard InChI is InChI=1S/C23H32N8OS/c1-29(2)8-4-10-31-13-16(12-26-31)23-28-20(15-33-23)22(32)27-19-11-17(24)6-7-21(19)30-9-3-5-18(25)14-30/h6-7,11-13,15,18H,3-5,8-10,14,24-25H2,1-2H3,(H,27,32). The maximum Gasteiger partial charge on any atom is 0.275 e. The number of carbonyl (C=O) groups excluding carboxylic acids is 1. The smallest absolute Gasteiger partial charge is 0.275 e. The lowest BCUT2D eigenvalue weighted by molar-refractivity contribution is 0.102. The quantitative estimate of drug-likeness (QED) is 0.435. The summed E-state index contributed by atoms with van der Waals surface area (Å²) in [6, 6.07) is 5.71. The van der Waals surface area contributed by atoms with Crippen LogP contribution in [-0.4, -0.2) is 65.3 Å². The molecule has 1 saturated heterocycles. The van der Waals surface area contributed by atoms with E-state index in [1.54, 1.807) is 17.6 Å². The Balaban J connectivity index is 1.45. The summed E-state index contributed by atoms with van der Waals surface area (Å²) in [6.45, 7) is 3.51. The number of nitrogens with two attached hydrogens (primary N) is 2. The number of aromatic nitrogens is 3. The van der Waals surface area contributed by atoms with Crippen molar-refractivity contribution in [3.8, 4) is 10.6 Å². The van der Waals surface area contributed by atoms with Gasteiger partial charge in [-0.1, -0.05) is 0 Å². The lowest BCUT2D eigenvalue weighted by Crippen LogP contribution is -2.43. The van der Waals surface area contributed by atoms with E-state index < -0.39 is 0 Å². The molecule has 4 rings (SSSR count). The molecule has 9 nitrogen and oxygen atoms in total. The molecule has 1 unspecified atom stereocenters. The molecular formula is C23H32N8OS. The number of aryl methyl sites for hydroxylation is 1. The molecule has 10 heteroatoms. The maximum atomic E-state index is 13.0. The van der Waals surface area contributed by atoms with Crippen LogP contribution in [-0.2, 0) is 6.54 Å². The van der Waals surface area contributed by atoms with Gasteiger partial charge in [0.15, 0.2) is 0 Å². The summed E-state index contributed by atoms with van der Waals surface area (Å²) in [5, 5.41) is 9.98. The Bertz CT molecular complexity index is 1090. The zero-order valence-corrected chi connectivity index (χ0v) is 20.0. The summed E-state index contributed by atoms with van der Waals surface area (Å²) < 4.78 is 1.92. The predicted molar refractivity (Wildman–Crippen MR) is 135 cm³/mol. The van der Waals surface area contributed by atoms with Crippen LogP contribution in [0, 0.1) is 0 Å². The second kappa shape index (κ2) is 10.3. The highest BCUT2D eigenvalue weighted by molar-refractivity contribution is 7.13. The van der Waals surface area contributed by atoms with Crippen molar-refractivity contribution >= 4 is 34.3 Å². The van der Waals surface area contributed by atoms with E-state index in [1.165, 1.54) is 11.3 Å². The number of hydrogen-bond acceptors (Lipinski definition) is 8. The minimum Gasteiger partial charge on any atom is -0.399 e. The Hall–Kier alpha value is -2.95. The van der Waals surface area contributed by atoms with Crippen molar-refractivity contribution in [3.05, 3.63) is 41.7 Å². The van der Waals surface area contributed by atoms with Crippen molar-refractivity contribution in [2.24, 2.45) is 5.73 Å². The first-order valence-corrected chi connectivity index (χ1v) is 12.1. The average Bonchev–Trinajstić information content (AvgIpc) is 3.43. The molecule has 176 valence electrons. The van der Waals surface area contributed by atoms with Gasteiger partial charge in [0.2, 0.25) is 0 Å². The first-order chi connectivity index (χ1) is 15.9. The van der Waals surface area contributed by atoms with Gasteiger partial charge in [-0.15, -0.1) is 11.3 Å². The average molecular weight is 469 g/mol. The number of carbonyl (C=O) groups is 1. The molecule has 1 fully saturated rings. The summed E-state index contributed by atoms with van der Waals surface area (Å²) in [5.74, 6) is -0.260. The van der Waals surface area contributed by atoms with Crippen LogP contribution in [0.4, 0.5) is 17.1 Å². The van der Waals surface area contributed by atoms with E-state index in [9.17, 15) is 4.79 Å². The summed E-state index contributed by atoms with van der Waals surface area (Å²) in [6.07, 6.45) is 6.83. The lowest BCUT2D eigenvalue weighted by atomic mass is 10.1. The fourth-order valence-electron chi connectivity index (χ4n) is 4.00. The highest BCUT2D eigenvalue weighted by Crippen LogP contribution is 2.31. The maximum absolute atomic E-state index is 13.0. The molecule has 0 radical (unpaired) electrons. The van der Waals surface area contributed by atoms with Crippen molar-refractivity contribution in [1.29, 1.82) is 0 Å². The number of hydrogen-bond donors (Lipinski definition) is 3. The number of anilines is 3. The number of benzene rings is 1. The van der Waals surface area contributed by atoms with Gasteiger partial charge in [0.05, 0.1) is 17.6 Å². The van der Waals surface area contributed by atoms with Crippen LogP contribution in [0.5, 0.6) is 0 Å². The molecule has 1 aliphatic heterocycles. The minimum atomic E-state index is -0.260. The summed E-state index contributed by atoms with van der Waals surface area (Å²) in [7, 11) is 4.12. The van der Waals surface area contributed by atoms with Crippen LogP contribution >= 0.6 is 11.3 Å². The van der Waals surface area contributed by atoms with E-state index in [0.29, 0.717) is 17.1 Å². The van der Waals surface area contributed by atoms with Crippen LogP contribution in [0.25, 0.3) is 10.6 Å². The van der Waals surface area contributed by atoms with Crippen LogP contribution in [0.15, 0.2) is 36.0 Å². The highest BCUT2D eigenvalue weighted by Gasteiger charge is 2.21. The molecule has 1 amide bonds. The second-order valence-corrected chi connectivity index (χ2v) is 9.62. The Labute approximate surface area is 198 Å². The fourth-order valence-corrected chi connectivity index (χ4v) is 4.78. The fraction of sp³-hybridized carbons (Fsp3) is 0.435. The molecule has 1 aromatic carbocycles. The van der Waals surface area contributed by atoms with Gasteiger partial charge in [0, 0.05) is 48.5 Å². The number of nitrogens with zero attached hydrogens (tertiary/aromatic N) is 5. The molecule has 0 aliphatic carbocycles. The zero-order chi connectivity index (χ0) is 23.4. The SMILES string of the molecule is CN(C)CCCn1cc(-c2nc(C(=O)Nc3cc(N)ccc3N3CCCC(N)C3)cs2)cn1. The Morgan fingerprint density at radius 1 is 1.36 bits per heavy atom. The molecule has 3 aromatic rings. The third kappa shape index (κ3) is 5.89. The van der Waals surface area contributed by atoms with Gasteiger partial charge in [-0.05, 0) is 58.1 Å². The second-order valence-electron chi connectivity index (χ2n) is 8.77. The number of nitrogens with one attached hydrogen (secondary N) is 1. The van der Waals surface area contributed by atoms with Gasteiger partial charge in [-0.2, -0.15) is 5.10 Å². The van der Waals surface area contributed by atoms with E-state index in [2.05, 4.69) is 39.3 Å². The molecule has 1 atom stereocenters. The predicted octanol–water partition coefficient (Wildman–Crippen LogP) is 2.72.